The van der Waals surface area contributed by atoms with Crippen LogP contribution in [0.3, 0.4) is 0 Å². The van der Waals surface area contributed by atoms with Gasteiger partial charge in [0.1, 0.15) is 0 Å². The number of guanidine groups is 1. The predicted octanol–water partition coefficient (Wildman–Crippen LogP) is 1.26. The first-order chi connectivity index (χ1) is 7.88. The first kappa shape index (κ1) is 11.3. The van der Waals surface area contributed by atoms with Crippen LogP contribution in [0.15, 0.2) is 4.99 Å². The molecular formula is C12H20N4. The van der Waals surface area contributed by atoms with E-state index >= 15 is 0 Å². The van der Waals surface area contributed by atoms with Gasteiger partial charge in [0.25, 0.3) is 0 Å². The number of nitrogens with zero attached hydrogens (tertiary/aromatic N) is 2. The second kappa shape index (κ2) is 5.74. The lowest BCUT2D eigenvalue weighted by Gasteiger charge is -2.26. The zero-order valence-corrected chi connectivity index (χ0v) is 9.71. The van der Waals surface area contributed by atoms with Crippen LogP contribution in [0.25, 0.3) is 0 Å². The third-order valence-electron chi connectivity index (χ3n) is 3.48. The van der Waals surface area contributed by atoms with E-state index < -0.39 is 0 Å². The van der Waals surface area contributed by atoms with Crippen LogP contribution in [0.4, 0.5) is 0 Å². The molecule has 0 bridgehead atoms. The Morgan fingerprint density at radius 1 is 1.38 bits per heavy atom. The molecule has 0 radical (unpaired) electrons. The summed E-state index contributed by atoms with van der Waals surface area (Å²) >= 11 is 0. The lowest BCUT2D eigenvalue weighted by atomic mass is 9.83. The van der Waals surface area contributed by atoms with Crippen molar-refractivity contribution in [3.63, 3.8) is 0 Å². The molecule has 16 heavy (non-hydrogen) atoms. The van der Waals surface area contributed by atoms with Gasteiger partial charge < -0.3 is 10.6 Å². The van der Waals surface area contributed by atoms with E-state index in [4.69, 9.17) is 5.26 Å². The van der Waals surface area contributed by atoms with Gasteiger partial charge in [0.15, 0.2) is 5.96 Å². The summed E-state index contributed by atoms with van der Waals surface area (Å²) in [5.41, 5.74) is 0. The highest BCUT2D eigenvalue weighted by Crippen LogP contribution is 2.27. The van der Waals surface area contributed by atoms with Crippen molar-refractivity contribution in [3.8, 4) is 6.07 Å². The first-order valence-corrected chi connectivity index (χ1v) is 6.30. The normalized spacial score (nSPS) is 29.8. The summed E-state index contributed by atoms with van der Waals surface area (Å²) in [6, 6.07) is 2.37. The Kier molecular flexibility index (Phi) is 4.03. The summed E-state index contributed by atoms with van der Waals surface area (Å²) in [7, 11) is 0. The molecule has 4 heteroatoms. The van der Waals surface area contributed by atoms with Gasteiger partial charge in [0.2, 0.25) is 0 Å². The molecular weight excluding hydrogens is 200 g/mol. The van der Waals surface area contributed by atoms with E-state index in [-0.39, 0.29) is 0 Å². The van der Waals surface area contributed by atoms with E-state index in [0.29, 0.717) is 5.92 Å². The van der Waals surface area contributed by atoms with Crippen LogP contribution in [-0.2, 0) is 0 Å². The highest BCUT2D eigenvalue weighted by Gasteiger charge is 2.20. The minimum Gasteiger partial charge on any atom is -0.356 e. The zero-order valence-electron chi connectivity index (χ0n) is 9.71. The standard InChI is InChI=1S/C12H20N4/c13-8-10-2-4-11(5-3-10)9-16-12-14-6-1-7-15-12/h10-11H,1-7,9H2,(H2,14,15,16). The maximum Gasteiger partial charge on any atom is 0.191 e. The Morgan fingerprint density at radius 2 is 2.19 bits per heavy atom. The van der Waals surface area contributed by atoms with Crippen LogP contribution in [0.2, 0.25) is 0 Å². The lowest BCUT2D eigenvalue weighted by molar-refractivity contribution is 0.313. The van der Waals surface area contributed by atoms with E-state index in [1.54, 1.807) is 0 Å². The second-order valence-electron chi connectivity index (χ2n) is 4.74. The van der Waals surface area contributed by atoms with Gasteiger partial charge in [-0.1, -0.05) is 0 Å². The van der Waals surface area contributed by atoms with Crippen molar-refractivity contribution in [1.29, 1.82) is 5.26 Å². The molecule has 0 unspecified atom stereocenters. The minimum absolute atomic E-state index is 0.307. The average Bonchev–Trinajstić information content (AvgIpc) is 2.38. The van der Waals surface area contributed by atoms with Crippen molar-refractivity contribution >= 4 is 5.96 Å². The van der Waals surface area contributed by atoms with Gasteiger partial charge in [-0.3, -0.25) is 4.99 Å². The van der Waals surface area contributed by atoms with Crippen LogP contribution < -0.4 is 10.6 Å². The zero-order chi connectivity index (χ0) is 11.2. The van der Waals surface area contributed by atoms with Crippen molar-refractivity contribution in [3.05, 3.63) is 0 Å². The van der Waals surface area contributed by atoms with E-state index in [9.17, 15) is 0 Å². The lowest BCUT2D eigenvalue weighted by Crippen LogP contribution is -2.43. The van der Waals surface area contributed by atoms with Crippen LogP contribution in [0, 0.1) is 23.2 Å². The number of hydrogen-bond donors (Lipinski definition) is 2. The summed E-state index contributed by atoms with van der Waals surface area (Å²) in [5.74, 6) is 1.99. The fraction of sp³-hybridized carbons (Fsp3) is 0.833. The number of nitriles is 1. The summed E-state index contributed by atoms with van der Waals surface area (Å²) in [4.78, 5) is 4.39. The molecule has 0 saturated heterocycles. The third kappa shape index (κ3) is 3.13. The van der Waals surface area contributed by atoms with E-state index in [1.165, 1.54) is 12.8 Å². The van der Waals surface area contributed by atoms with Gasteiger partial charge in [0.05, 0.1) is 6.07 Å². The second-order valence-corrected chi connectivity index (χ2v) is 4.74. The van der Waals surface area contributed by atoms with E-state index in [1.807, 2.05) is 0 Å². The molecule has 1 heterocycles. The molecule has 1 fully saturated rings. The molecule has 88 valence electrons. The molecule has 2 N–H and O–H groups in total. The summed E-state index contributed by atoms with van der Waals surface area (Å²) in [6.07, 6.45) is 5.64. The van der Waals surface area contributed by atoms with Gasteiger partial charge in [-0.25, -0.2) is 0 Å². The molecule has 0 amide bonds. The van der Waals surface area contributed by atoms with Crippen LogP contribution in [0.1, 0.15) is 32.1 Å². The summed E-state index contributed by atoms with van der Waals surface area (Å²) in [5, 5.41) is 15.5. The van der Waals surface area contributed by atoms with Crippen molar-refractivity contribution < 1.29 is 0 Å². The van der Waals surface area contributed by atoms with Gasteiger partial charge in [-0.05, 0) is 38.0 Å². The third-order valence-corrected chi connectivity index (χ3v) is 3.48. The molecule has 0 aromatic rings. The van der Waals surface area contributed by atoms with E-state index in [2.05, 4.69) is 21.7 Å². The van der Waals surface area contributed by atoms with E-state index in [0.717, 1.165) is 50.8 Å². The number of rotatable bonds is 2. The van der Waals surface area contributed by atoms with Gasteiger partial charge in [0, 0.05) is 25.6 Å². The quantitative estimate of drug-likeness (QED) is 0.736. The molecule has 0 aromatic heterocycles. The molecule has 0 spiro atoms. The fourth-order valence-electron chi connectivity index (χ4n) is 2.39. The van der Waals surface area contributed by atoms with Crippen LogP contribution >= 0.6 is 0 Å². The largest absolute Gasteiger partial charge is 0.356 e. The maximum atomic E-state index is 8.82. The fourth-order valence-corrected chi connectivity index (χ4v) is 2.39. The predicted molar refractivity (Wildman–Crippen MR) is 64.0 cm³/mol. The molecule has 1 aliphatic heterocycles. The number of hydrogen-bond acceptors (Lipinski definition) is 4. The smallest absolute Gasteiger partial charge is 0.191 e. The van der Waals surface area contributed by atoms with Crippen molar-refractivity contribution in [2.24, 2.45) is 16.8 Å². The highest BCUT2D eigenvalue weighted by molar-refractivity contribution is 5.80. The molecule has 2 rings (SSSR count). The Morgan fingerprint density at radius 3 is 2.81 bits per heavy atom. The van der Waals surface area contributed by atoms with Gasteiger partial charge in [-0.2, -0.15) is 5.26 Å². The van der Waals surface area contributed by atoms with Crippen molar-refractivity contribution in [2.75, 3.05) is 19.6 Å². The molecule has 1 saturated carbocycles. The van der Waals surface area contributed by atoms with Crippen molar-refractivity contribution in [2.45, 2.75) is 32.1 Å². The van der Waals surface area contributed by atoms with Gasteiger partial charge in [-0.15, -0.1) is 0 Å². The van der Waals surface area contributed by atoms with Gasteiger partial charge >= 0.3 is 0 Å². The van der Waals surface area contributed by atoms with Crippen LogP contribution in [-0.4, -0.2) is 25.6 Å². The Balaban J connectivity index is 1.67. The van der Waals surface area contributed by atoms with Crippen LogP contribution in [0.5, 0.6) is 0 Å². The summed E-state index contributed by atoms with van der Waals surface area (Å²) in [6.45, 7) is 2.98. The van der Waals surface area contributed by atoms with Crippen molar-refractivity contribution in [1.82, 2.24) is 10.6 Å². The number of aliphatic imine (C=N–C) groups is 1. The first-order valence-electron chi connectivity index (χ1n) is 6.30. The topological polar surface area (TPSA) is 60.2 Å². The monoisotopic (exact) mass is 220 g/mol. The SMILES string of the molecule is N#CC1CCC(CNC2=NCCCN2)CC1. The number of nitrogens with one attached hydrogen (secondary N) is 2. The Bertz CT molecular complexity index is 284. The Labute approximate surface area is 97.1 Å². The minimum atomic E-state index is 0.307. The maximum absolute atomic E-state index is 8.82. The summed E-state index contributed by atoms with van der Waals surface area (Å²) < 4.78 is 0. The molecule has 1 aliphatic carbocycles. The molecule has 0 atom stereocenters. The highest BCUT2D eigenvalue weighted by atomic mass is 15.2. The Hall–Kier alpha value is -1.24. The molecule has 2 aliphatic rings. The molecule has 4 nitrogen and oxygen atoms in total. The molecule has 0 aromatic carbocycles. The average molecular weight is 220 g/mol.